The van der Waals surface area contributed by atoms with Gasteiger partial charge in [0.15, 0.2) is 5.76 Å². The van der Waals surface area contributed by atoms with E-state index in [-0.39, 0.29) is 17.6 Å². The maximum Gasteiger partial charge on any atom is 0.291 e. The van der Waals surface area contributed by atoms with Crippen LogP contribution in [0.1, 0.15) is 26.5 Å². The summed E-state index contributed by atoms with van der Waals surface area (Å²) in [6, 6.07) is 20.5. The van der Waals surface area contributed by atoms with Crippen LogP contribution in [0.2, 0.25) is 0 Å². The number of carbonyl (C=O) groups excluding carboxylic acids is 2. The Bertz CT molecular complexity index is 1170. The molecule has 0 saturated carbocycles. The number of nitrogens with zero attached hydrogens (tertiary/aromatic N) is 1. The molecule has 0 aliphatic heterocycles. The largest absolute Gasteiger partial charge is 0.459 e. The lowest BCUT2D eigenvalue weighted by atomic mass is 10.2. The molecule has 0 fully saturated rings. The normalized spacial score (nSPS) is 10.4. The van der Waals surface area contributed by atoms with Crippen molar-refractivity contribution in [3.05, 3.63) is 102 Å². The zero-order chi connectivity index (χ0) is 21.6. The van der Waals surface area contributed by atoms with Crippen molar-refractivity contribution in [3.63, 3.8) is 0 Å². The van der Waals surface area contributed by atoms with Gasteiger partial charge in [-0.2, -0.15) is 0 Å². The van der Waals surface area contributed by atoms with Crippen LogP contribution in [0.5, 0.6) is 11.6 Å². The van der Waals surface area contributed by atoms with Crippen LogP contribution < -0.4 is 15.4 Å². The third kappa shape index (κ3) is 5.16. The number of furan rings is 1. The van der Waals surface area contributed by atoms with Gasteiger partial charge in [0.25, 0.3) is 11.8 Å². The van der Waals surface area contributed by atoms with Crippen molar-refractivity contribution in [3.8, 4) is 11.6 Å². The molecular formula is C24H19N3O4. The Hall–Kier alpha value is -4.39. The SMILES string of the molecule is Cc1ccc(Oc2ccc(NC(=O)c3ccc(NC(=O)c4ccco4)cc3)cc2)nc1. The molecule has 0 aliphatic carbocycles. The van der Waals surface area contributed by atoms with E-state index in [0.29, 0.717) is 28.6 Å². The maximum absolute atomic E-state index is 12.5. The lowest BCUT2D eigenvalue weighted by Crippen LogP contribution is -2.13. The van der Waals surface area contributed by atoms with E-state index in [2.05, 4.69) is 15.6 Å². The van der Waals surface area contributed by atoms with Gasteiger partial charge in [0.2, 0.25) is 5.88 Å². The molecule has 154 valence electrons. The lowest BCUT2D eigenvalue weighted by Gasteiger charge is -2.09. The van der Waals surface area contributed by atoms with Crippen molar-refractivity contribution in [1.29, 1.82) is 0 Å². The monoisotopic (exact) mass is 413 g/mol. The third-order valence-corrected chi connectivity index (χ3v) is 4.37. The molecule has 4 aromatic rings. The average Bonchev–Trinajstić information content (AvgIpc) is 3.32. The summed E-state index contributed by atoms with van der Waals surface area (Å²) in [7, 11) is 0. The summed E-state index contributed by atoms with van der Waals surface area (Å²) in [6.45, 7) is 1.96. The van der Waals surface area contributed by atoms with E-state index in [9.17, 15) is 9.59 Å². The fraction of sp³-hybridized carbons (Fsp3) is 0.0417. The molecule has 2 heterocycles. The minimum absolute atomic E-state index is 0.215. The van der Waals surface area contributed by atoms with Gasteiger partial charge in [0.05, 0.1) is 6.26 Å². The molecule has 0 aliphatic rings. The third-order valence-electron chi connectivity index (χ3n) is 4.37. The zero-order valence-electron chi connectivity index (χ0n) is 16.7. The Morgan fingerprint density at radius 3 is 2.13 bits per heavy atom. The summed E-state index contributed by atoms with van der Waals surface area (Å²) in [4.78, 5) is 28.7. The summed E-state index contributed by atoms with van der Waals surface area (Å²) in [5.41, 5.74) is 2.70. The Kier molecular flexibility index (Phi) is 5.75. The number of ether oxygens (including phenoxy) is 1. The Morgan fingerprint density at radius 1 is 0.839 bits per heavy atom. The first kappa shape index (κ1) is 19.9. The second-order valence-corrected chi connectivity index (χ2v) is 6.76. The van der Waals surface area contributed by atoms with Crippen molar-refractivity contribution < 1.29 is 18.7 Å². The number of hydrogen-bond donors (Lipinski definition) is 2. The first-order chi connectivity index (χ1) is 15.1. The molecule has 7 heteroatoms. The highest BCUT2D eigenvalue weighted by Crippen LogP contribution is 2.22. The highest BCUT2D eigenvalue weighted by atomic mass is 16.5. The highest BCUT2D eigenvalue weighted by molar-refractivity contribution is 6.05. The molecule has 0 saturated heterocycles. The minimum atomic E-state index is -0.356. The molecule has 2 aromatic carbocycles. The number of pyridine rings is 1. The van der Waals surface area contributed by atoms with Crippen LogP contribution in [0.4, 0.5) is 11.4 Å². The van der Waals surface area contributed by atoms with Crippen LogP contribution in [-0.2, 0) is 0 Å². The molecular weight excluding hydrogens is 394 g/mol. The lowest BCUT2D eigenvalue weighted by molar-refractivity contribution is 0.0995. The molecule has 0 unspecified atom stereocenters. The molecule has 2 amide bonds. The molecule has 7 nitrogen and oxygen atoms in total. The molecule has 2 N–H and O–H groups in total. The molecule has 2 aromatic heterocycles. The number of aryl methyl sites for hydroxylation is 1. The quantitative estimate of drug-likeness (QED) is 0.449. The molecule has 4 rings (SSSR count). The van der Waals surface area contributed by atoms with Crippen LogP contribution >= 0.6 is 0 Å². The molecule has 0 bridgehead atoms. The van der Waals surface area contributed by atoms with Crippen LogP contribution in [0, 0.1) is 6.92 Å². The van der Waals surface area contributed by atoms with Gasteiger partial charge in [-0.1, -0.05) is 6.07 Å². The van der Waals surface area contributed by atoms with E-state index in [1.165, 1.54) is 6.26 Å². The first-order valence-corrected chi connectivity index (χ1v) is 9.54. The van der Waals surface area contributed by atoms with Gasteiger partial charge in [-0.25, -0.2) is 4.98 Å². The number of nitrogens with one attached hydrogen (secondary N) is 2. The van der Waals surface area contributed by atoms with Gasteiger partial charge in [-0.15, -0.1) is 0 Å². The Labute approximate surface area is 178 Å². The smallest absolute Gasteiger partial charge is 0.291 e. The van der Waals surface area contributed by atoms with Crippen molar-refractivity contribution in [2.24, 2.45) is 0 Å². The summed E-state index contributed by atoms with van der Waals surface area (Å²) >= 11 is 0. The van der Waals surface area contributed by atoms with Crippen LogP contribution in [0.25, 0.3) is 0 Å². The van der Waals surface area contributed by atoms with Crippen LogP contribution in [-0.4, -0.2) is 16.8 Å². The number of anilines is 2. The van der Waals surface area contributed by atoms with E-state index in [1.54, 1.807) is 72.9 Å². The number of benzene rings is 2. The van der Waals surface area contributed by atoms with Gasteiger partial charge in [0.1, 0.15) is 5.75 Å². The number of rotatable bonds is 6. The predicted octanol–water partition coefficient (Wildman–Crippen LogP) is 5.28. The Morgan fingerprint density at radius 2 is 1.52 bits per heavy atom. The van der Waals surface area contributed by atoms with Crippen LogP contribution in [0.15, 0.2) is 89.7 Å². The minimum Gasteiger partial charge on any atom is -0.459 e. The van der Waals surface area contributed by atoms with E-state index >= 15 is 0 Å². The Balaban J connectivity index is 1.34. The average molecular weight is 413 g/mol. The number of carbonyl (C=O) groups is 2. The molecule has 0 spiro atoms. The first-order valence-electron chi connectivity index (χ1n) is 9.54. The topological polar surface area (TPSA) is 93.5 Å². The van der Waals surface area contributed by atoms with Gasteiger partial charge in [0, 0.05) is 29.2 Å². The van der Waals surface area contributed by atoms with Gasteiger partial charge < -0.3 is 19.8 Å². The van der Waals surface area contributed by atoms with Crippen molar-refractivity contribution in [2.75, 3.05) is 10.6 Å². The number of amides is 2. The van der Waals surface area contributed by atoms with Crippen molar-refractivity contribution in [1.82, 2.24) is 4.98 Å². The summed E-state index contributed by atoms with van der Waals surface area (Å²) in [5.74, 6) is 0.711. The molecule has 0 atom stereocenters. The van der Waals surface area contributed by atoms with E-state index in [4.69, 9.17) is 9.15 Å². The summed E-state index contributed by atoms with van der Waals surface area (Å²) in [6.07, 6.45) is 3.16. The molecule has 31 heavy (non-hydrogen) atoms. The fourth-order valence-corrected chi connectivity index (χ4v) is 2.75. The van der Waals surface area contributed by atoms with Gasteiger partial charge >= 0.3 is 0 Å². The van der Waals surface area contributed by atoms with Crippen molar-refractivity contribution in [2.45, 2.75) is 6.92 Å². The fourth-order valence-electron chi connectivity index (χ4n) is 2.75. The number of hydrogen-bond acceptors (Lipinski definition) is 5. The second-order valence-electron chi connectivity index (χ2n) is 6.76. The van der Waals surface area contributed by atoms with Crippen molar-refractivity contribution >= 4 is 23.2 Å². The molecule has 0 radical (unpaired) electrons. The standard InChI is InChI=1S/C24H19N3O4/c1-16-4-13-22(25-15-16)31-20-11-9-19(10-12-20)26-23(28)17-5-7-18(8-6-17)27-24(29)21-3-2-14-30-21/h2-15H,1H3,(H,26,28)(H,27,29). The van der Waals surface area contributed by atoms with Crippen LogP contribution in [0.3, 0.4) is 0 Å². The number of aromatic nitrogens is 1. The maximum atomic E-state index is 12.5. The second kappa shape index (κ2) is 8.96. The summed E-state index contributed by atoms with van der Waals surface area (Å²) < 4.78 is 10.7. The highest BCUT2D eigenvalue weighted by Gasteiger charge is 2.10. The van der Waals surface area contributed by atoms with E-state index < -0.39 is 0 Å². The zero-order valence-corrected chi connectivity index (χ0v) is 16.7. The summed E-state index contributed by atoms with van der Waals surface area (Å²) in [5, 5.41) is 5.53. The predicted molar refractivity (Wildman–Crippen MR) is 117 cm³/mol. The van der Waals surface area contributed by atoms with E-state index in [0.717, 1.165) is 5.56 Å². The van der Waals surface area contributed by atoms with Gasteiger partial charge in [-0.05, 0) is 73.2 Å². The van der Waals surface area contributed by atoms with E-state index in [1.807, 2.05) is 13.0 Å². The van der Waals surface area contributed by atoms with Gasteiger partial charge in [-0.3, -0.25) is 9.59 Å².